The molecule has 5 rings (SSSR count). The van der Waals surface area contributed by atoms with Gasteiger partial charge in [-0.1, -0.05) is 36.4 Å². The molecule has 0 saturated carbocycles. The largest absolute Gasteiger partial charge is 0.497 e. The molecule has 0 amide bonds. The zero-order valence-corrected chi connectivity index (χ0v) is 23.1. The van der Waals surface area contributed by atoms with E-state index in [-0.39, 0.29) is 4.90 Å². The highest BCUT2D eigenvalue weighted by molar-refractivity contribution is 7.92. The Kier molecular flexibility index (Phi) is 7.77. The first-order valence-corrected chi connectivity index (χ1v) is 14.2. The van der Waals surface area contributed by atoms with Crippen LogP contribution >= 0.6 is 0 Å². The third-order valence-corrected chi connectivity index (χ3v) is 8.39. The minimum atomic E-state index is -3.69. The monoisotopic (exact) mass is 544 g/mol. The lowest BCUT2D eigenvalue weighted by molar-refractivity contribution is 0.244. The SMILES string of the molecule is COc1ccc(S(=O)(=O)Nc2ccc(-c3ccc(CN4CCc5cc(OC)c(OC)cc5C4)cc3)cc2)cc1. The number of fused-ring (bicyclic) bond motifs is 1. The molecule has 0 aromatic heterocycles. The van der Waals surface area contributed by atoms with Crippen molar-refractivity contribution in [3.63, 3.8) is 0 Å². The van der Waals surface area contributed by atoms with Crippen LogP contribution in [0.5, 0.6) is 17.2 Å². The Balaban J connectivity index is 1.22. The predicted octanol–water partition coefficient (Wildman–Crippen LogP) is 5.74. The summed E-state index contributed by atoms with van der Waals surface area (Å²) >= 11 is 0. The van der Waals surface area contributed by atoms with Gasteiger partial charge in [0, 0.05) is 25.3 Å². The lowest BCUT2D eigenvalue weighted by Gasteiger charge is -2.29. The molecule has 0 bridgehead atoms. The van der Waals surface area contributed by atoms with Crippen LogP contribution in [0.2, 0.25) is 0 Å². The van der Waals surface area contributed by atoms with Crippen molar-refractivity contribution in [3.8, 4) is 28.4 Å². The van der Waals surface area contributed by atoms with Gasteiger partial charge in [-0.2, -0.15) is 0 Å². The van der Waals surface area contributed by atoms with Crippen LogP contribution in [0.4, 0.5) is 5.69 Å². The Morgan fingerprint density at radius 1 is 0.744 bits per heavy atom. The number of hydrogen-bond acceptors (Lipinski definition) is 6. The molecule has 4 aromatic carbocycles. The van der Waals surface area contributed by atoms with E-state index in [0.717, 1.165) is 48.7 Å². The van der Waals surface area contributed by atoms with E-state index in [1.807, 2.05) is 12.1 Å². The molecule has 0 saturated heterocycles. The van der Waals surface area contributed by atoms with Crippen LogP contribution in [0.1, 0.15) is 16.7 Å². The van der Waals surface area contributed by atoms with Crippen molar-refractivity contribution in [2.75, 3.05) is 32.6 Å². The first-order valence-electron chi connectivity index (χ1n) is 12.7. The van der Waals surface area contributed by atoms with Crippen molar-refractivity contribution in [3.05, 3.63) is 102 Å². The number of benzene rings is 4. The molecule has 202 valence electrons. The standard InChI is InChI=1S/C31H32N2O5S/c1-36-28-12-14-29(15-13-28)39(34,35)32-27-10-8-24(9-11-27)23-6-4-22(5-7-23)20-33-17-16-25-18-30(37-2)31(38-3)19-26(25)21-33/h4-15,18-19,32H,16-17,20-21H2,1-3H3. The summed E-state index contributed by atoms with van der Waals surface area (Å²) in [7, 11) is 1.19. The summed E-state index contributed by atoms with van der Waals surface area (Å²) in [5, 5.41) is 0. The Morgan fingerprint density at radius 2 is 1.33 bits per heavy atom. The van der Waals surface area contributed by atoms with Gasteiger partial charge >= 0.3 is 0 Å². The van der Waals surface area contributed by atoms with Crippen molar-refractivity contribution in [1.82, 2.24) is 4.90 Å². The maximum absolute atomic E-state index is 12.7. The van der Waals surface area contributed by atoms with Crippen LogP contribution < -0.4 is 18.9 Å². The number of anilines is 1. The Morgan fingerprint density at radius 3 is 1.92 bits per heavy atom. The summed E-state index contributed by atoms with van der Waals surface area (Å²) in [5.41, 5.74) is 6.43. The Bertz CT molecular complexity index is 1530. The van der Waals surface area contributed by atoms with Gasteiger partial charge in [0.1, 0.15) is 5.75 Å². The number of ether oxygens (including phenoxy) is 3. The summed E-state index contributed by atoms with van der Waals surface area (Å²) in [6.07, 6.45) is 0.975. The highest BCUT2D eigenvalue weighted by atomic mass is 32.2. The topological polar surface area (TPSA) is 77.1 Å². The Labute approximate surface area is 230 Å². The minimum absolute atomic E-state index is 0.180. The fourth-order valence-electron chi connectivity index (χ4n) is 4.84. The smallest absolute Gasteiger partial charge is 0.261 e. The minimum Gasteiger partial charge on any atom is -0.497 e. The van der Waals surface area contributed by atoms with E-state index in [1.54, 1.807) is 45.6 Å². The molecule has 7 nitrogen and oxygen atoms in total. The van der Waals surface area contributed by atoms with Crippen LogP contribution in [0.15, 0.2) is 89.8 Å². The van der Waals surface area contributed by atoms with Crippen LogP contribution in [0, 0.1) is 0 Å². The molecular weight excluding hydrogens is 512 g/mol. The van der Waals surface area contributed by atoms with Crippen molar-refractivity contribution in [1.29, 1.82) is 0 Å². The molecule has 8 heteroatoms. The summed E-state index contributed by atoms with van der Waals surface area (Å²) < 4.78 is 44.1. The van der Waals surface area contributed by atoms with E-state index < -0.39 is 10.0 Å². The van der Waals surface area contributed by atoms with Gasteiger partial charge in [0.2, 0.25) is 0 Å². The summed E-state index contributed by atoms with van der Waals surface area (Å²) in [6, 6.07) is 26.4. The normalized spacial score (nSPS) is 13.4. The van der Waals surface area contributed by atoms with Gasteiger partial charge in [-0.25, -0.2) is 8.42 Å². The molecule has 1 aliphatic heterocycles. The van der Waals surface area contributed by atoms with E-state index in [9.17, 15) is 8.42 Å². The van der Waals surface area contributed by atoms with Crippen LogP contribution in [0.25, 0.3) is 11.1 Å². The number of hydrogen-bond donors (Lipinski definition) is 1. The summed E-state index contributed by atoms with van der Waals surface area (Å²) in [4.78, 5) is 2.62. The third-order valence-electron chi connectivity index (χ3n) is 7.00. The highest BCUT2D eigenvalue weighted by Crippen LogP contribution is 2.33. The molecule has 0 atom stereocenters. The van der Waals surface area contributed by atoms with Gasteiger partial charge in [0.05, 0.1) is 26.2 Å². The summed E-state index contributed by atoms with van der Waals surface area (Å²) in [6.45, 7) is 2.71. The fourth-order valence-corrected chi connectivity index (χ4v) is 5.90. The second kappa shape index (κ2) is 11.4. The maximum Gasteiger partial charge on any atom is 0.261 e. The molecule has 4 aromatic rings. The van der Waals surface area contributed by atoms with Crippen LogP contribution in [-0.2, 0) is 29.5 Å². The predicted molar refractivity (Wildman–Crippen MR) is 153 cm³/mol. The molecular formula is C31H32N2O5S. The van der Waals surface area contributed by atoms with E-state index in [2.05, 4.69) is 46.0 Å². The number of sulfonamides is 1. The highest BCUT2D eigenvalue weighted by Gasteiger charge is 2.20. The summed E-state index contributed by atoms with van der Waals surface area (Å²) in [5.74, 6) is 2.15. The molecule has 0 aliphatic carbocycles. The lowest BCUT2D eigenvalue weighted by atomic mass is 9.98. The molecule has 0 unspecified atom stereocenters. The van der Waals surface area contributed by atoms with Crippen molar-refractivity contribution >= 4 is 15.7 Å². The molecule has 1 heterocycles. The quantitative estimate of drug-likeness (QED) is 0.290. The van der Waals surface area contributed by atoms with E-state index in [1.165, 1.54) is 28.8 Å². The van der Waals surface area contributed by atoms with Crippen LogP contribution in [-0.4, -0.2) is 41.2 Å². The first-order chi connectivity index (χ1) is 18.9. The maximum atomic E-state index is 12.7. The van der Waals surface area contributed by atoms with Crippen LogP contribution in [0.3, 0.4) is 0 Å². The van der Waals surface area contributed by atoms with E-state index >= 15 is 0 Å². The average Bonchev–Trinajstić information content (AvgIpc) is 2.97. The third kappa shape index (κ3) is 6.02. The first kappa shape index (κ1) is 26.6. The van der Waals surface area contributed by atoms with Crippen molar-refractivity contribution in [2.24, 2.45) is 0 Å². The van der Waals surface area contributed by atoms with E-state index in [0.29, 0.717) is 11.4 Å². The van der Waals surface area contributed by atoms with Gasteiger partial charge < -0.3 is 14.2 Å². The molecule has 1 N–H and O–H groups in total. The zero-order chi connectivity index (χ0) is 27.4. The fraction of sp³-hybridized carbons (Fsp3) is 0.226. The van der Waals surface area contributed by atoms with E-state index in [4.69, 9.17) is 14.2 Å². The molecule has 0 radical (unpaired) electrons. The molecule has 0 spiro atoms. The van der Waals surface area contributed by atoms with Gasteiger partial charge in [-0.3, -0.25) is 9.62 Å². The van der Waals surface area contributed by atoms with Gasteiger partial charge in [-0.05, 0) is 82.8 Å². The van der Waals surface area contributed by atoms with Crippen molar-refractivity contribution < 1.29 is 22.6 Å². The molecule has 1 aliphatic rings. The lowest BCUT2D eigenvalue weighted by Crippen LogP contribution is -2.30. The van der Waals surface area contributed by atoms with Gasteiger partial charge in [0.25, 0.3) is 10.0 Å². The molecule has 39 heavy (non-hydrogen) atoms. The number of nitrogens with zero attached hydrogens (tertiary/aromatic N) is 1. The second-order valence-corrected chi connectivity index (χ2v) is 11.2. The van der Waals surface area contributed by atoms with Gasteiger partial charge in [0.15, 0.2) is 11.5 Å². The van der Waals surface area contributed by atoms with Gasteiger partial charge in [-0.15, -0.1) is 0 Å². The second-order valence-electron chi connectivity index (χ2n) is 9.49. The zero-order valence-electron chi connectivity index (χ0n) is 22.3. The number of methoxy groups -OCH3 is 3. The Hall–Kier alpha value is -4.01. The van der Waals surface area contributed by atoms with Crippen molar-refractivity contribution in [2.45, 2.75) is 24.4 Å². The molecule has 0 fully saturated rings. The average molecular weight is 545 g/mol. The number of nitrogens with one attached hydrogen (secondary N) is 1. The number of rotatable bonds is 9.